The fourth-order valence-electron chi connectivity index (χ4n) is 11.0. The quantitative estimate of drug-likeness (QED) is 0.0320. The van der Waals surface area contributed by atoms with Gasteiger partial charge in [0.1, 0.15) is 0 Å². The van der Waals surface area contributed by atoms with E-state index in [9.17, 15) is 19.8 Å². The summed E-state index contributed by atoms with van der Waals surface area (Å²) in [4.78, 5) is 24.6. The second-order valence-electron chi connectivity index (χ2n) is 24.2. The van der Waals surface area contributed by atoms with Gasteiger partial charge in [0.25, 0.3) is 0 Å². The molecule has 0 saturated heterocycles. The molecule has 0 rings (SSSR count). The highest BCUT2D eigenvalue weighted by atomic mass is 16.5. The van der Waals surface area contributed by atoms with Gasteiger partial charge in [-0.15, -0.1) is 0 Å². The molecule has 2 atom stereocenters. The van der Waals surface area contributed by atoms with Gasteiger partial charge in [-0.25, -0.2) is 0 Å². The van der Waals surface area contributed by atoms with E-state index in [0.29, 0.717) is 25.9 Å². The molecule has 6 nitrogen and oxygen atoms in total. The maximum absolute atomic E-state index is 12.5. The van der Waals surface area contributed by atoms with E-state index < -0.39 is 12.1 Å². The molecule has 460 valence electrons. The molecule has 0 bridgehead atoms. The molecule has 0 aliphatic rings. The van der Waals surface area contributed by atoms with E-state index >= 15 is 0 Å². The van der Waals surface area contributed by atoms with Crippen molar-refractivity contribution in [3.8, 4) is 0 Å². The van der Waals surface area contributed by atoms with Crippen molar-refractivity contribution >= 4 is 11.9 Å². The van der Waals surface area contributed by atoms with Gasteiger partial charge in [-0.2, -0.15) is 0 Å². The van der Waals surface area contributed by atoms with Gasteiger partial charge in [0, 0.05) is 12.8 Å². The first kappa shape index (κ1) is 76.1. The molecular formula is C72H137NO5. The summed E-state index contributed by atoms with van der Waals surface area (Å²) in [6.45, 7) is 4.95. The van der Waals surface area contributed by atoms with Crippen LogP contribution in [0.2, 0.25) is 0 Å². The number of carbonyl (C=O) groups excluding carboxylic acids is 2. The van der Waals surface area contributed by atoms with Crippen LogP contribution in [0.4, 0.5) is 0 Å². The normalized spacial score (nSPS) is 12.7. The Morgan fingerprint density at radius 1 is 0.359 bits per heavy atom. The molecule has 1 amide bonds. The molecule has 0 saturated carbocycles. The number of aliphatic hydroxyl groups excluding tert-OH is 2. The predicted octanol–water partition coefficient (Wildman–Crippen LogP) is 22.7. The van der Waals surface area contributed by atoms with E-state index in [1.807, 2.05) is 0 Å². The van der Waals surface area contributed by atoms with Crippen LogP contribution in [-0.4, -0.2) is 47.4 Å². The lowest BCUT2D eigenvalue weighted by molar-refractivity contribution is -0.143. The summed E-state index contributed by atoms with van der Waals surface area (Å²) in [5.74, 6) is -0.0394. The average molecular weight is 1100 g/mol. The number of carbonyl (C=O) groups is 2. The monoisotopic (exact) mass is 1100 g/mol. The van der Waals surface area contributed by atoms with Gasteiger partial charge in [0.2, 0.25) is 5.91 Å². The van der Waals surface area contributed by atoms with Crippen molar-refractivity contribution in [2.45, 2.75) is 398 Å². The Bertz CT molecular complexity index is 1260. The summed E-state index contributed by atoms with van der Waals surface area (Å²) in [6.07, 6.45) is 86.1. The first-order chi connectivity index (χ1) is 38.5. The molecule has 0 aliphatic heterocycles. The van der Waals surface area contributed by atoms with E-state index in [-0.39, 0.29) is 18.5 Å². The van der Waals surface area contributed by atoms with Crippen LogP contribution in [0, 0.1) is 0 Å². The van der Waals surface area contributed by atoms with E-state index in [4.69, 9.17) is 4.74 Å². The van der Waals surface area contributed by atoms with Gasteiger partial charge in [0.15, 0.2) is 0 Å². The molecule has 0 aliphatic carbocycles. The molecule has 0 radical (unpaired) electrons. The number of rotatable bonds is 66. The maximum atomic E-state index is 12.5. The minimum absolute atomic E-state index is 0.00190. The zero-order valence-electron chi connectivity index (χ0n) is 52.7. The lowest BCUT2D eigenvalue weighted by atomic mass is 10.0. The Kier molecular flexibility index (Phi) is 65.9. The van der Waals surface area contributed by atoms with Crippen molar-refractivity contribution in [1.29, 1.82) is 0 Å². The predicted molar refractivity (Wildman–Crippen MR) is 343 cm³/mol. The van der Waals surface area contributed by atoms with E-state index in [0.717, 1.165) is 51.4 Å². The molecule has 0 fully saturated rings. The molecule has 0 aromatic rings. The fraction of sp³-hybridized carbons (Fsp3) is 0.889. The van der Waals surface area contributed by atoms with Gasteiger partial charge in [0.05, 0.1) is 25.4 Å². The van der Waals surface area contributed by atoms with E-state index in [1.54, 1.807) is 0 Å². The maximum Gasteiger partial charge on any atom is 0.305 e. The second kappa shape index (κ2) is 67.6. The Hall–Kier alpha value is -1.92. The molecular weight excluding hydrogens is 959 g/mol. The lowest BCUT2D eigenvalue weighted by Crippen LogP contribution is -2.45. The molecule has 0 spiro atoms. The van der Waals surface area contributed by atoms with Gasteiger partial charge in [-0.1, -0.05) is 326 Å². The number of aliphatic hydroxyl groups is 2. The molecule has 0 aromatic carbocycles. The van der Waals surface area contributed by atoms with Gasteiger partial charge >= 0.3 is 5.97 Å². The molecule has 0 aromatic heterocycles. The molecule has 3 N–H and O–H groups in total. The Morgan fingerprint density at radius 3 is 1.01 bits per heavy atom. The van der Waals surface area contributed by atoms with Gasteiger partial charge < -0.3 is 20.3 Å². The van der Waals surface area contributed by atoms with Crippen molar-refractivity contribution < 1.29 is 24.5 Å². The second-order valence-corrected chi connectivity index (χ2v) is 24.2. The fourth-order valence-corrected chi connectivity index (χ4v) is 11.0. The molecule has 0 heterocycles. The Balaban J connectivity index is 3.42. The van der Waals surface area contributed by atoms with Crippen LogP contribution in [0.5, 0.6) is 0 Å². The number of hydrogen-bond acceptors (Lipinski definition) is 5. The van der Waals surface area contributed by atoms with Crippen molar-refractivity contribution in [1.82, 2.24) is 5.32 Å². The topological polar surface area (TPSA) is 95.9 Å². The minimum atomic E-state index is -0.670. The Labute approximate surface area is 487 Å². The van der Waals surface area contributed by atoms with E-state index in [1.165, 1.54) is 302 Å². The summed E-state index contributed by atoms with van der Waals surface area (Å²) in [5, 5.41) is 23.4. The number of ether oxygens (including phenoxy) is 1. The van der Waals surface area contributed by atoms with Crippen LogP contribution in [0.3, 0.4) is 0 Å². The number of esters is 1. The highest BCUT2D eigenvalue weighted by Crippen LogP contribution is 2.19. The lowest BCUT2D eigenvalue weighted by Gasteiger charge is -2.22. The van der Waals surface area contributed by atoms with Gasteiger partial charge in [-0.05, 0) is 83.5 Å². The number of allylic oxidation sites excluding steroid dienone is 6. The number of nitrogens with one attached hydrogen (secondary N) is 1. The SMILES string of the molecule is CCCCC/C=C\C/C=C\CCCCCCCC(=O)OCCCCCCCCCCCCCC/C=C\CCCCCCCCCC(=O)NC(CO)C(O)CCCCCCCCCCCCCCCCCCCCCCCCC. The zero-order valence-corrected chi connectivity index (χ0v) is 52.7. The number of amides is 1. The van der Waals surface area contributed by atoms with Crippen molar-refractivity contribution in [2.75, 3.05) is 13.2 Å². The first-order valence-electron chi connectivity index (χ1n) is 35.2. The number of hydrogen-bond donors (Lipinski definition) is 3. The Morgan fingerprint density at radius 2 is 0.641 bits per heavy atom. The van der Waals surface area contributed by atoms with Crippen LogP contribution < -0.4 is 5.32 Å². The number of unbranched alkanes of at least 4 members (excludes halogenated alkanes) is 49. The molecule has 78 heavy (non-hydrogen) atoms. The van der Waals surface area contributed by atoms with Crippen molar-refractivity contribution in [2.24, 2.45) is 0 Å². The highest BCUT2D eigenvalue weighted by molar-refractivity contribution is 5.76. The molecule has 6 heteroatoms. The summed E-state index contributed by atoms with van der Waals surface area (Å²) < 4.78 is 5.48. The third kappa shape index (κ3) is 63.3. The highest BCUT2D eigenvalue weighted by Gasteiger charge is 2.20. The standard InChI is InChI=1S/C72H137NO5/c1-3-5-7-9-11-13-15-17-19-20-21-22-24-27-30-33-37-40-44-48-52-56-60-64-70(75)69(68-74)73-71(76)65-61-57-53-49-45-41-38-34-31-28-25-23-26-29-32-35-39-43-47-51-55-59-63-67-78-72(77)66-62-58-54-50-46-42-36-18-16-14-12-10-8-6-4-2/h12,14,18,28,31,36,69-70,74-75H,3-11,13,15-17,19-27,29-30,32-35,37-68H2,1-2H3,(H,73,76)/b14-12-,31-28-,36-18-. The van der Waals surface area contributed by atoms with Crippen LogP contribution in [0.15, 0.2) is 36.5 Å². The van der Waals surface area contributed by atoms with Crippen molar-refractivity contribution in [3.63, 3.8) is 0 Å². The minimum Gasteiger partial charge on any atom is -0.466 e. The largest absolute Gasteiger partial charge is 0.466 e. The van der Waals surface area contributed by atoms with Crippen LogP contribution in [0.25, 0.3) is 0 Å². The van der Waals surface area contributed by atoms with Crippen LogP contribution >= 0.6 is 0 Å². The van der Waals surface area contributed by atoms with E-state index in [2.05, 4.69) is 55.6 Å². The third-order valence-electron chi connectivity index (χ3n) is 16.4. The summed E-state index contributed by atoms with van der Waals surface area (Å²) in [7, 11) is 0. The van der Waals surface area contributed by atoms with Crippen LogP contribution in [0.1, 0.15) is 386 Å². The summed E-state index contributed by atoms with van der Waals surface area (Å²) >= 11 is 0. The first-order valence-corrected chi connectivity index (χ1v) is 35.2. The zero-order chi connectivity index (χ0) is 56.4. The third-order valence-corrected chi connectivity index (χ3v) is 16.4. The summed E-state index contributed by atoms with van der Waals surface area (Å²) in [6, 6.07) is -0.548. The van der Waals surface area contributed by atoms with Crippen molar-refractivity contribution in [3.05, 3.63) is 36.5 Å². The smallest absolute Gasteiger partial charge is 0.305 e. The average Bonchev–Trinajstić information content (AvgIpc) is 3.44. The molecule has 2 unspecified atom stereocenters. The summed E-state index contributed by atoms with van der Waals surface area (Å²) in [5.41, 5.74) is 0. The van der Waals surface area contributed by atoms with Crippen LogP contribution in [-0.2, 0) is 14.3 Å². The van der Waals surface area contributed by atoms with Gasteiger partial charge in [-0.3, -0.25) is 9.59 Å².